The third-order valence-electron chi connectivity index (χ3n) is 5.66. The third-order valence-corrected chi connectivity index (χ3v) is 6.52. The van der Waals surface area contributed by atoms with Crippen LogP contribution in [0, 0.1) is 6.92 Å². The molecule has 0 unspecified atom stereocenters. The number of nitrogens with one attached hydrogen (secondary N) is 1. The van der Waals surface area contributed by atoms with Crippen molar-refractivity contribution < 1.29 is 9.53 Å². The zero-order valence-electron chi connectivity index (χ0n) is 19.5. The quantitative estimate of drug-likeness (QED) is 0.346. The lowest BCUT2D eigenvalue weighted by Crippen LogP contribution is -2.32. The summed E-state index contributed by atoms with van der Waals surface area (Å²) in [4.78, 5) is 31.4. The van der Waals surface area contributed by atoms with Gasteiger partial charge in [0, 0.05) is 29.0 Å². The molecule has 0 aliphatic heterocycles. The van der Waals surface area contributed by atoms with Gasteiger partial charge in [0.1, 0.15) is 6.54 Å². The fraction of sp³-hybridized carbons (Fsp3) is 0.375. The molecule has 34 heavy (non-hydrogen) atoms. The van der Waals surface area contributed by atoms with E-state index in [4.69, 9.17) is 4.74 Å². The van der Waals surface area contributed by atoms with Crippen LogP contribution in [0.5, 0.6) is 0 Å². The number of esters is 1. The molecule has 3 heterocycles. The number of carbonyl (C=O) groups is 1. The van der Waals surface area contributed by atoms with Gasteiger partial charge in [-0.05, 0) is 65.2 Å². The Labute approximate surface area is 201 Å². The minimum atomic E-state index is -0.392. The first-order valence-electron chi connectivity index (χ1n) is 11.3. The summed E-state index contributed by atoms with van der Waals surface area (Å²) in [5.41, 5.74) is 2.46. The number of H-pyrrole nitrogens is 1. The number of nitrogens with zero attached hydrogens (tertiary/aromatic N) is 5. The van der Waals surface area contributed by atoms with Crippen molar-refractivity contribution in [3.63, 3.8) is 0 Å². The van der Waals surface area contributed by atoms with Crippen LogP contribution in [-0.2, 0) is 29.2 Å². The van der Waals surface area contributed by atoms with Gasteiger partial charge < -0.3 is 9.72 Å². The topological polar surface area (TPSA) is 106 Å². The summed E-state index contributed by atoms with van der Waals surface area (Å²) in [6, 6.07) is 11.8. The Morgan fingerprint density at radius 3 is 2.82 bits per heavy atom. The van der Waals surface area contributed by atoms with Gasteiger partial charge >= 0.3 is 5.97 Å². The molecular weight excluding hydrogens is 452 g/mol. The van der Waals surface area contributed by atoms with Crippen molar-refractivity contribution in [2.45, 2.75) is 52.9 Å². The molecule has 1 aromatic carbocycles. The van der Waals surface area contributed by atoms with E-state index >= 15 is 0 Å². The number of aromatic nitrogens is 5. The summed E-state index contributed by atoms with van der Waals surface area (Å²) in [7, 11) is 0. The number of benzene rings is 1. The number of pyridine rings is 1. The average Bonchev–Trinajstić information content (AvgIpc) is 3.47. The lowest BCUT2D eigenvalue weighted by atomic mass is 10.1. The number of rotatable bonds is 10. The number of fused-ring (bicyclic) bond motifs is 1. The highest BCUT2D eigenvalue weighted by Gasteiger charge is 2.27. The Morgan fingerprint density at radius 2 is 2.09 bits per heavy atom. The molecule has 0 fully saturated rings. The lowest BCUT2D eigenvalue weighted by Gasteiger charge is -2.29. The maximum absolute atomic E-state index is 13.0. The van der Waals surface area contributed by atoms with Crippen LogP contribution in [0.25, 0.3) is 10.9 Å². The zero-order valence-corrected chi connectivity index (χ0v) is 20.3. The van der Waals surface area contributed by atoms with E-state index < -0.39 is 5.97 Å². The molecule has 0 aliphatic carbocycles. The Balaban J connectivity index is 1.69. The van der Waals surface area contributed by atoms with Gasteiger partial charge in [-0.25, -0.2) is 4.68 Å². The summed E-state index contributed by atoms with van der Waals surface area (Å²) < 4.78 is 6.56. The minimum absolute atomic E-state index is 0.0601. The van der Waals surface area contributed by atoms with E-state index in [1.165, 1.54) is 4.68 Å². The molecule has 0 amide bonds. The van der Waals surface area contributed by atoms with Crippen LogP contribution in [0.2, 0.25) is 0 Å². The molecule has 0 bridgehead atoms. The molecule has 9 nitrogen and oxygen atoms in total. The lowest BCUT2D eigenvalue weighted by molar-refractivity contribution is -0.144. The number of hydrogen-bond acceptors (Lipinski definition) is 8. The number of aryl methyl sites for hydroxylation is 1. The molecule has 4 rings (SSSR count). The monoisotopic (exact) mass is 480 g/mol. The van der Waals surface area contributed by atoms with E-state index in [0.717, 1.165) is 21.3 Å². The smallest absolute Gasteiger partial charge is 0.327 e. The fourth-order valence-electron chi connectivity index (χ4n) is 4.07. The summed E-state index contributed by atoms with van der Waals surface area (Å²) >= 11 is 1.66. The van der Waals surface area contributed by atoms with Gasteiger partial charge in [0.15, 0.2) is 5.82 Å². The van der Waals surface area contributed by atoms with E-state index in [1.54, 1.807) is 18.3 Å². The maximum atomic E-state index is 13.0. The second-order valence-electron chi connectivity index (χ2n) is 8.12. The highest BCUT2D eigenvalue weighted by atomic mass is 32.1. The van der Waals surface area contributed by atoms with Crippen LogP contribution in [0.4, 0.5) is 0 Å². The van der Waals surface area contributed by atoms with Crippen molar-refractivity contribution in [2.24, 2.45) is 0 Å². The van der Waals surface area contributed by atoms with E-state index in [2.05, 4.69) is 31.5 Å². The van der Waals surface area contributed by atoms with E-state index in [1.807, 2.05) is 49.6 Å². The van der Waals surface area contributed by atoms with Gasteiger partial charge in [0.05, 0.1) is 12.6 Å². The number of carbonyl (C=O) groups excluding carboxylic acids is 1. The second kappa shape index (κ2) is 10.7. The van der Waals surface area contributed by atoms with Gasteiger partial charge in [0.2, 0.25) is 0 Å². The van der Waals surface area contributed by atoms with E-state index in [0.29, 0.717) is 37.5 Å². The van der Waals surface area contributed by atoms with E-state index in [9.17, 15) is 9.59 Å². The van der Waals surface area contributed by atoms with Crippen LogP contribution in [0.1, 0.15) is 48.1 Å². The number of ether oxygens (including phenoxy) is 1. The van der Waals surface area contributed by atoms with E-state index in [-0.39, 0.29) is 18.1 Å². The Morgan fingerprint density at radius 1 is 1.24 bits per heavy atom. The molecule has 0 saturated heterocycles. The van der Waals surface area contributed by atoms with Gasteiger partial charge in [-0.3, -0.25) is 14.5 Å². The van der Waals surface area contributed by atoms with Crippen LogP contribution in [0.15, 0.2) is 46.6 Å². The van der Waals surface area contributed by atoms with Crippen molar-refractivity contribution in [2.75, 3.05) is 6.61 Å². The van der Waals surface area contributed by atoms with Crippen LogP contribution in [-0.4, -0.2) is 42.7 Å². The largest absolute Gasteiger partial charge is 0.465 e. The Bertz CT molecular complexity index is 1310. The summed E-state index contributed by atoms with van der Waals surface area (Å²) in [6.45, 7) is 7.06. The molecule has 1 atom stereocenters. The maximum Gasteiger partial charge on any atom is 0.327 e. The van der Waals surface area contributed by atoms with Crippen molar-refractivity contribution in [3.8, 4) is 0 Å². The van der Waals surface area contributed by atoms with Gasteiger partial charge in [-0.1, -0.05) is 25.1 Å². The molecule has 0 radical (unpaired) electrons. The standard InChI is InChI=1S/C24H28N6O3S/c1-4-21(23-26-27-28-30(23)15-22(31)33-5-2)29(14-19-7-6-10-34-19)13-18-12-17-9-8-16(3)11-20(17)25-24(18)32/h6-12,21H,4-5,13-15H2,1-3H3,(H,25,32)/t21-/m1/s1. The van der Waals surface area contributed by atoms with Gasteiger partial charge in [-0.15, -0.1) is 16.4 Å². The first kappa shape index (κ1) is 23.8. The van der Waals surface area contributed by atoms with Crippen molar-refractivity contribution in [1.29, 1.82) is 0 Å². The first-order chi connectivity index (χ1) is 16.5. The zero-order chi connectivity index (χ0) is 24.1. The minimum Gasteiger partial charge on any atom is -0.465 e. The first-order valence-corrected chi connectivity index (χ1v) is 12.2. The highest BCUT2D eigenvalue weighted by Crippen LogP contribution is 2.27. The molecular formula is C24H28N6O3S. The number of aromatic amines is 1. The predicted octanol–water partition coefficient (Wildman–Crippen LogP) is 3.60. The fourth-order valence-corrected chi connectivity index (χ4v) is 4.80. The molecule has 3 aromatic heterocycles. The van der Waals surface area contributed by atoms with Gasteiger partial charge in [-0.2, -0.15) is 0 Å². The Kier molecular flexibility index (Phi) is 7.49. The summed E-state index contributed by atoms with van der Waals surface area (Å²) in [5.74, 6) is 0.178. The van der Waals surface area contributed by atoms with Gasteiger partial charge in [0.25, 0.3) is 5.56 Å². The van der Waals surface area contributed by atoms with Crippen LogP contribution in [0.3, 0.4) is 0 Å². The molecule has 0 saturated carbocycles. The van der Waals surface area contributed by atoms with Crippen molar-refractivity contribution >= 4 is 28.2 Å². The average molecular weight is 481 g/mol. The normalized spacial score (nSPS) is 12.4. The van der Waals surface area contributed by atoms with Crippen molar-refractivity contribution in [3.05, 3.63) is 74.0 Å². The molecule has 178 valence electrons. The number of tetrazole rings is 1. The van der Waals surface area contributed by atoms with Crippen LogP contribution < -0.4 is 5.56 Å². The summed E-state index contributed by atoms with van der Waals surface area (Å²) in [5, 5.41) is 15.1. The third kappa shape index (κ3) is 5.40. The summed E-state index contributed by atoms with van der Waals surface area (Å²) in [6.07, 6.45) is 0.694. The SMILES string of the molecule is CCOC(=O)Cn1nnnc1[C@@H](CC)N(Cc1cccs1)Cc1cc2ccc(C)cc2[nH]c1=O. The molecule has 0 spiro atoms. The molecule has 4 aromatic rings. The Hall–Kier alpha value is -3.37. The highest BCUT2D eigenvalue weighted by molar-refractivity contribution is 7.09. The molecule has 10 heteroatoms. The number of thiophene rings is 1. The molecule has 1 N–H and O–H groups in total. The predicted molar refractivity (Wildman–Crippen MR) is 130 cm³/mol. The second-order valence-corrected chi connectivity index (χ2v) is 9.15. The van der Waals surface area contributed by atoms with Crippen molar-refractivity contribution in [1.82, 2.24) is 30.1 Å². The van der Waals surface area contributed by atoms with Crippen LogP contribution >= 0.6 is 11.3 Å². The number of hydrogen-bond donors (Lipinski definition) is 1. The molecule has 0 aliphatic rings.